The van der Waals surface area contributed by atoms with E-state index in [1.807, 2.05) is 16.7 Å². The van der Waals surface area contributed by atoms with Crippen molar-refractivity contribution in [3.8, 4) is 0 Å². The Morgan fingerprint density at radius 1 is 1.12 bits per heavy atom. The molecule has 0 aromatic heterocycles. The number of likely N-dealkylation sites (tertiary alicyclic amines) is 1. The summed E-state index contributed by atoms with van der Waals surface area (Å²) in [4.78, 5) is 28.9. The van der Waals surface area contributed by atoms with Crippen LogP contribution in [0.15, 0.2) is 0 Å². The summed E-state index contributed by atoms with van der Waals surface area (Å²) < 4.78 is 6.11. The highest BCUT2D eigenvalue weighted by Gasteiger charge is 2.33. The number of nitrogens with zero attached hydrogens (tertiary/aromatic N) is 2. The summed E-state index contributed by atoms with van der Waals surface area (Å²) >= 11 is 0. The zero-order chi connectivity index (χ0) is 17.6. The minimum absolute atomic E-state index is 0. The van der Waals surface area contributed by atoms with Crippen LogP contribution >= 0.6 is 12.4 Å². The third-order valence-electron chi connectivity index (χ3n) is 5.82. The van der Waals surface area contributed by atoms with Gasteiger partial charge in [0.25, 0.3) is 5.91 Å². The van der Waals surface area contributed by atoms with Gasteiger partial charge in [0, 0.05) is 32.2 Å². The van der Waals surface area contributed by atoms with Gasteiger partial charge in [-0.3, -0.25) is 9.59 Å². The van der Waals surface area contributed by atoms with E-state index in [0.717, 1.165) is 45.3 Å². The smallest absolute Gasteiger partial charge is 0.251 e. The van der Waals surface area contributed by atoms with Crippen molar-refractivity contribution in [2.24, 2.45) is 0 Å². The molecule has 0 bridgehead atoms. The first kappa shape index (κ1) is 21.5. The predicted molar refractivity (Wildman–Crippen MR) is 103 cm³/mol. The molecule has 0 aromatic carbocycles. The lowest BCUT2D eigenvalue weighted by Gasteiger charge is -2.41. The fourth-order valence-electron chi connectivity index (χ4n) is 4.40. The monoisotopic (exact) mass is 387 g/mol. The van der Waals surface area contributed by atoms with Gasteiger partial charge in [-0.25, -0.2) is 0 Å². The highest BCUT2D eigenvalue weighted by Crippen LogP contribution is 2.23. The van der Waals surface area contributed by atoms with Crippen LogP contribution < -0.4 is 5.32 Å². The maximum absolute atomic E-state index is 12.9. The second-order valence-corrected chi connectivity index (χ2v) is 7.74. The number of piperidine rings is 1. The van der Waals surface area contributed by atoms with Gasteiger partial charge in [-0.05, 0) is 32.6 Å². The molecule has 150 valence electrons. The van der Waals surface area contributed by atoms with E-state index in [4.69, 9.17) is 4.74 Å². The van der Waals surface area contributed by atoms with E-state index in [9.17, 15) is 9.59 Å². The molecule has 2 amide bonds. The molecule has 0 radical (unpaired) electrons. The predicted octanol–water partition coefficient (Wildman–Crippen LogP) is 1.96. The minimum Gasteiger partial charge on any atom is -0.365 e. The summed E-state index contributed by atoms with van der Waals surface area (Å²) in [7, 11) is 0. The molecule has 2 aliphatic heterocycles. The van der Waals surface area contributed by atoms with E-state index in [2.05, 4.69) is 5.32 Å². The van der Waals surface area contributed by atoms with Gasteiger partial charge in [0.2, 0.25) is 5.91 Å². The van der Waals surface area contributed by atoms with Gasteiger partial charge in [0.1, 0.15) is 6.10 Å². The summed E-state index contributed by atoms with van der Waals surface area (Å²) in [6.45, 7) is 5.35. The average molecular weight is 388 g/mol. The normalized spacial score (nSPS) is 26.8. The van der Waals surface area contributed by atoms with E-state index >= 15 is 0 Å². The Kier molecular flexibility index (Phi) is 8.64. The molecule has 3 fully saturated rings. The van der Waals surface area contributed by atoms with Crippen LogP contribution in [0.1, 0.15) is 58.3 Å². The van der Waals surface area contributed by atoms with Gasteiger partial charge in [0.15, 0.2) is 0 Å². The molecule has 26 heavy (non-hydrogen) atoms. The van der Waals surface area contributed by atoms with E-state index < -0.39 is 0 Å². The van der Waals surface area contributed by atoms with E-state index in [1.54, 1.807) is 0 Å². The Labute approximate surface area is 163 Å². The van der Waals surface area contributed by atoms with Crippen molar-refractivity contribution < 1.29 is 14.3 Å². The fourth-order valence-corrected chi connectivity index (χ4v) is 4.40. The first-order valence-electron chi connectivity index (χ1n) is 10.1. The lowest BCUT2D eigenvalue weighted by atomic mass is 10.0. The lowest BCUT2D eigenvalue weighted by molar-refractivity contribution is -0.151. The summed E-state index contributed by atoms with van der Waals surface area (Å²) in [5.41, 5.74) is 0. The summed E-state index contributed by atoms with van der Waals surface area (Å²) in [5, 5.41) is 3.11. The molecule has 2 atom stereocenters. The number of carbonyl (C=O) groups is 2. The number of nitrogens with one attached hydrogen (secondary N) is 1. The van der Waals surface area contributed by atoms with Crippen LogP contribution in [-0.2, 0) is 14.3 Å². The van der Waals surface area contributed by atoms with Crippen LogP contribution in [0.2, 0.25) is 0 Å². The number of amides is 2. The molecule has 1 N–H and O–H groups in total. The number of rotatable bonds is 4. The SMILES string of the molecule is CC(OC1CCCCCC1)C(=O)N1CCCC(N2CCNCC2=O)C1.Cl. The minimum atomic E-state index is -0.374. The summed E-state index contributed by atoms with van der Waals surface area (Å²) in [6.07, 6.45) is 8.97. The molecule has 0 aromatic rings. The van der Waals surface area contributed by atoms with Gasteiger partial charge in [-0.2, -0.15) is 0 Å². The number of halogens is 1. The molecule has 0 spiro atoms. The van der Waals surface area contributed by atoms with Gasteiger partial charge < -0.3 is 19.9 Å². The van der Waals surface area contributed by atoms with Crippen LogP contribution in [0.3, 0.4) is 0 Å². The van der Waals surface area contributed by atoms with Crippen LogP contribution in [0, 0.1) is 0 Å². The van der Waals surface area contributed by atoms with Gasteiger partial charge in [-0.1, -0.05) is 25.7 Å². The molecule has 6 nitrogen and oxygen atoms in total. The highest BCUT2D eigenvalue weighted by atomic mass is 35.5. The van der Waals surface area contributed by atoms with Crippen LogP contribution in [-0.4, -0.2) is 72.6 Å². The van der Waals surface area contributed by atoms with E-state index in [0.29, 0.717) is 13.1 Å². The third-order valence-corrected chi connectivity index (χ3v) is 5.82. The van der Waals surface area contributed by atoms with Crippen molar-refractivity contribution in [2.45, 2.75) is 76.5 Å². The largest absolute Gasteiger partial charge is 0.365 e. The first-order valence-corrected chi connectivity index (χ1v) is 10.1. The van der Waals surface area contributed by atoms with Gasteiger partial charge in [0.05, 0.1) is 12.6 Å². The van der Waals surface area contributed by atoms with Crippen molar-refractivity contribution in [1.29, 1.82) is 0 Å². The summed E-state index contributed by atoms with van der Waals surface area (Å²) in [5.74, 6) is 0.254. The highest BCUT2D eigenvalue weighted by molar-refractivity contribution is 5.85. The van der Waals surface area contributed by atoms with Crippen molar-refractivity contribution in [3.63, 3.8) is 0 Å². The zero-order valence-corrected chi connectivity index (χ0v) is 16.8. The van der Waals surface area contributed by atoms with Crippen LogP contribution in [0.5, 0.6) is 0 Å². The standard InChI is InChI=1S/C19H33N3O3.ClH/c1-15(25-17-8-4-2-3-5-9-17)19(24)21-11-6-7-16(14-21)22-12-10-20-13-18(22)23;/h15-17,20H,2-14H2,1H3;1H. The Hall–Kier alpha value is -0.850. The van der Waals surface area contributed by atoms with Gasteiger partial charge >= 0.3 is 0 Å². The Morgan fingerprint density at radius 3 is 2.54 bits per heavy atom. The number of hydrogen-bond acceptors (Lipinski definition) is 4. The Balaban J connectivity index is 0.00000243. The molecule has 2 saturated heterocycles. The molecule has 7 heteroatoms. The fraction of sp³-hybridized carbons (Fsp3) is 0.895. The second kappa shape index (κ2) is 10.5. The molecular formula is C19H34ClN3O3. The van der Waals surface area contributed by atoms with E-state index in [-0.39, 0.29) is 42.5 Å². The number of hydrogen-bond donors (Lipinski definition) is 1. The van der Waals surface area contributed by atoms with Gasteiger partial charge in [-0.15, -0.1) is 12.4 Å². The van der Waals surface area contributed by atoms with Crippen molar-refractivity contribution in [3.05, 3.63) is 0 Å². The van der Waals surface area contributed by atoms with Crippen molar-refractivity contribution in [2.75, 3.05) is 32.7 Å². The first-order chi connectivity index (χ1) is 12.1. The molecule has 1 saturated carbocycles. The molecule has 3 rings (SSSR count). The van der Waals surface area contributed by atoms with E-state index in [1.165, 1.54) is 25.7 Å². The quantitative estimate of drug-likeness (QED) is 0.749. The third kappa shape index (κ3) is 5.57. The average Bonchev–Trinajstić information content (AvgIpc) is 2.90. The maximum Gasteiger partial charge on any atom is 0.251 e. The maximum atomic E-state index is 12.9. The topological polar surface area (TPSA) is 61.9 Å². The molecule has 1 aliphatic carbocycles. The van der Waals surface area contributed by atoms with Crippen LogP contribution in [0.4, 0.5) is 0 Å². The summed E-state index contributed by atoms with van der Waals surface area (Å²) in [6, 6.07) is 0.164. The lowest BCUT2D eigenvalue weighted by Crippen LogP contribution is -2.58. The van der Waals surface area contributed by atoms with Crippen molar-refractivity contribution in [1.82, 2.24) is 15.1 Å². The molecule has 2 unspecified atom stereocenters. The van der Waals surface area contributed by atoms with Crippen molar-refractivity contribution >= 4 is 24.2 Å². The molecular weight excluding hydrogens is 354 g/mol. The molecule has 3 aliphatic rings. The number of carbonyl (C=O) groups excluding carboxylic acids is 2. The number of piperazine rings is 1. The Bertz CT molecular complexity index is 469. The zero-order valence-electron chi connectivity index (χ0n) is 16.0. The van der Waals surface area contributed by atoms with Crippen LogP contribution in [0.25, 0.3) is 0 Å². The molecule has 2 heterocycles. The Morgan fingerprint density at radius 2 is 1.85 bits per heavy atom. The second-order valence-electron chi connectivity index (χ2n) is 7.74. The number of ether oxygens (including phenoxy) is 1.